The van der Waals surface area contributed by atoms with E-state index in [1.165, 1.54) is 18.3 Å². The molecule has 12 heteroatoms. The summed E-state index contributed by atoms with van der Waals surface area (Å²) in [5.41, 5.74) is -0.794. The molecule has 0 saturated carbocycles. The molecule has 0 unspecified atom stereocenters. The van der Waals surface area contributed by atoms with Gasteiger partial charge in [-0.3, -0.25) is 29.5 Å². The number of hydrogen-bond donors (Lipinski definition) is 5. The van der Waals surface area contributed by atoms with Gasteiger partial charge in [-0.2, -0.15) is 4.98 Å². The third kappa shape index (κ3) is 6.72. The molecule has 2 amide bonds. The van der Waals surface area contributed by atoms with Crippen LogP contribution in [-0.2, 0) is 19.2 Å². The highest BCUT2D eigenvalue weighted by Crippen LogP contribution is 2.16. The first-order valence-electron chi connectivity index (χ1n) is 9.51. The van der Waals surface area contributed by atoms with E-state index >= 15 is 0 Å². The molecular weight excluding hydrogens is 422 g/mol. The Morgan fingerprint density at radius 2 is 1.91 bits per heavy atom. The van der Waals surface area contributed by atoms with Crippen molar-refractivity contribution in [2.45, 2.75) is 39.7 Å². The summed E-state index contributed by atoms with van der Waals surface area (Å²) in [6.45, 7) is 5.12. The summed E-state index contributed by atoms with van der Waals surface area (Å²) in [5.74, 6) is -3.67. The van der Waals surface area contributed by atoms with Gasteiger partial charge in [0.2, 0.25) is 17.8 Å². The summed E-state index contributed by atoms with van der Waals surface area (Å²) in [4.78, 5) is 68.8. The second-order valence-electron chi connectivity index (χ2n) is 7.92. The van der Waals surface area contributed by atoms with Crippen LogP contribution in [0.3, 0.4) is 0 Å². The van der Waals surface area contributed by atoms with Crippen molar-refractivity contribution in [1.82, 2.24) is 20.3 Å². The molecule has 5 N–H and O–H groups in total. The van der Waals surface area contributed by atoms with Crippen molar-refractivity contribution in [3.05, 3.63) is 34.3 Å². The lowest BCUT2D eigenvalue weighted by molar-refractivity contribution is -0.142. The maximum absolute atomic E-state index is 12.4. The fourth-order valence-corrected chi connectivity index (χ4v) is 2.40. The Kier molecular flexibility index (Phi) is 7.41. The van der Waals surface area contributed by atoms with Crippen LogP contribution < -0.4 is 16.2 Å². The predicted molar refractivity (Wildman–Crippen MR) is 114 cm³/mol. The molecule has 0 aromatic carbocycles. The fourth-order valence-electron chi connectivity index (χ4n) is 2.40. The molecule has 2 aromatic rings. The van der Waals surface area contributed by atoms with E-state index in [-0.39, 0.29) is 29.3 Å². The number of amides is 2. The maximum Gasteiger partial charge on any atom is 0.326 e. The number of rotatable bonds is 8. The van der Waals surface area contributed by atoms with Crippen LogP contribution in [0.5, 0.6) is 0 Å². The minimum Gasteiger partial charge on any atom is -0.481 e. The lowest BCUT2D eigenvalue weighted by Gasteiger charge is -2.16. The van der Waals surface area contributed by atoms with Gasteiger partial charge in [0, 0.05) is 24.1 Å². The quantitative estimate of drug-likeness (QED) is 0.365. The van der Waals surface area contributed by atoms with E-state index in [9.17, 15) is 24.0 Å². The highest BCUT2D eigenvalue weighted by Gasteiger charge is 2.22. The van der Waals surface area contributed by atoms with Crippen LogP contribution in [0, 0.1) is 5.41 Å². The number of carbonyl (C=O) groups is 4. The zero-order valence-corrected chi connectivity index (χ0v) is 17.6. The molecule has 0 fully saturated rings. The van der Waals surface area contributed by atoms with E-state index in [0.717, 1.165) is 6.08 Å². The summed E-state index contributed by atoms with van der Waals surface area (Å²) >= 11 is 0. The minimum atomic E-state index is -1.35. The van der Waals surface area contributed by atoms with Crippen LogP contribution in [0.1, 0.15) is 39.2 Å². The molecule has 12 nitrogen and oxygen atoms in total. The number of aromatic nitrogens is 3. The largest absolute Gasteiger partial charge is 0.481 e. The summed E-state index contributed by atoms with van der Waals surface area (Å²) in [7, 11) is 0. The van der Waals surface area contributed by atoms with E-state index in [1.807, 2.05) is 0 Å². The van der Waals surface area contributed by atoms with Crippen LogP contribution in [0.15, 0.2) is 23.1 Å². The molecule has 170 valence electrons. The Morgan fingerprint density at radius 3 is 2.50 bits per heavy atom. The molecule has 32 heavy (non-hydrogen) atoms. The van der Waals surface area contributed by atoms with Crippen LogP contribution in [-0.4, -0.2) is 55.0 Å². The smallest absolute Gasteiger partial charge is 0.326 e. The molecule has 0 aliphatic carbocycles. The lowest BCUT2D eigenvalue weighted by atomic mass is 9.96. The third-order valence-corrected chi connectivity index (χ3v) is 4.18. The van der Waals surface area contributed by atoms with Crippen molar-refractivity contribution in [2.75, 3.05) is 5.32 Å². The average molecular weight is 445 g/mol. The number of anilines is 1. The van der Waals surface area contributed by atoms with Crippen molar-refractivity contribution in [1.29, 1.82) is 0 Å². The van der Waals surface area contributed by atoms with Gasteiger partial charge in [-0.25, -0.2) is 9.78 Å². The number of nitrogens with one attached hydrogen (secondary N) is 3. The van der Waals surface area contributed by atoms with E-state index < -0.39 is 41.3 Å². The number of carboxylic acids is 2. The zero-order chi connectivity index (χ0) is 24.1. The zero-order valence-electron chi connectivity index (χ0n) is 17.6. The number of carboxylic acid groups (broad SMARTS) is 2. The van der Waals surface area contributed by atoms with Gasteiger partial charge in [-0.05, 0) is 24.1 Å². The van der Waals surface area contributed by atoms with E-state index in [4.69, 9.17) is 10.2 Å². The Morgan fingerprint density at radius 1 is 1.22 bits per heavy atom. The first-order valence-corrected chi connectivity index (χ1v) is 9.51. The van der Waals surface area contributed by atoms with Crippen molar-refractivity contribution in [3.8, 4) is 0 Å². The molecule has 2 aromatic heterocycles. The molecule has 2 heterocycles. The topological polar surface area (TPSA) is 191 Å². The summed E-state index contributed by atoms with van der Waals surface area (Å²) in [5, 5.41) is 22.6. The van der Waals surface area contributed by atoms with Gasteiger partial charge < -0.3 is 15.5 Å². The SMILES string of the molecule is CC(C)(C)C(=O)Nc1nc2ncc(/C=C/C(=O)N[C@@H](CCC(=O)O)C(=O)O)cc2c(=O)[nH]1. The molecule has 0 bridgehead atoms. The van der Waals surface area contributed by atoms with E-state index in [0.29, 0.717) is 5.56 Å². The molecular formula is C20H23N5O7. The number of fused-ring (bicyclic) bond motifs is 1. The predicted octanol–water partition coefficient (Wildman–Crippen LogP) is 0.750. The third-order valence-electron chi connectivity index (χ3n) is 4.18. The highest BCUT2D eigenvalue weighted by atomic mass is 16.4. The number of H-pyrrole nitrogens is 1. The Balaban J connectivity index is 2.16. The number of nitrogens with zero attached hydrogens (tertiary/aromatic N) is 2. The van der Waals surface area contributed by atoms with Gasteiger partial charge in [0.05, 0.1) is 5.39 Å². The van der Waals surface area contributed by atoms with Crippen LogP contribution in [0.2, 0.25) is 0 Å². The highest BCUT2D eigenvalue weighted by molar-refractivity contribution is 5.95. The molecule has 1 atom stereocenters. The Hall–Kier alpha value is -4.09. The normalized spacial score (nSPS) is 12.5. The fraction of sp³-hybridized carbons (Fsp3) is 0.350. The second kappa shape index (κ2) is 9.81. The number of aliphatic carboxylic acids is 2. The number of pyridine rings is 1. The Bertz CT molecular complexity index is 1150. The van der Waals surface area contributed by atoms with Gasteiger partial charge >= 0.3 is 11.9 Å². The maximum atomic E-state index is 12.4. The number of aromatic amines is 1. The Labute approximate surface area is 181 Å². The number of hydrogen-bond acceptors (Lipinski definition) is 7. The first kappa shape index (κ1) is 24.2. The van der Waals surface area contributed by atoms with Crippen LogP contribution >= 0.6 is 0 Å². The van der Waals surface area contributed by atoms with Crippen molar-refractivity contribution in [3.63, 3.8) is 0 Å². The molecule has 0 aliphatic rings. The summed E-state index contributed by atoms with van der Waals surface area (Å²) < 4.78 is 0. The van der Waals surface area contributed by atoms with Gasteiger partial charge in [-0.1, -0.05) is 20.8 Å². The van der Waals surface area contributed by atoms with E-state index in [1.54, 1.807) is 20.8 Å². The van der Waals surface area contributed by atoms with Gasteiger partial charge in [0.15, 0.2) is 5.65 Å². The van der Waals surface area contributed by atoms with Gasteiger partial charge in [-0.15, -0.1) is 0 Å². The van der Waals surface area contributed by atoms with Gasteiger partial charge in [0.1, 0.15) is 6.04 Å². The molecule has 0 saturated heterocycles. The van der Waals surface area contributed by atoms with Crippen LogP contribution in [0.25, 0.3) is 17.1 Å². The van der Waals surface area contributed by atoms with Crippen LogP contribution in [0.4, 0.5) is 5.95 Å². The summed E-state index contributed by atoms with van der Waals surface area (Å²) in [6, 6.07) is 0.0682. The monoisotopic (exact) mass is 445 g/mol. The van der Waals surface area contributed by atoms with Crippen molar-refractivity contribution in [2.24, 2.45) is 5.41 Å². The van der Waals surface area contributed by atoms with Crippen molar-refractivity contribution < 1.29 is 29.4 Å². The lowest BCUT2D eigenvalue weighted by Crippen LogP contribution is -2.40. The molecule has 0 spiro atoms. The first-order chi connectivity index (χ1) is 14.9. The van der Waals surface area contributed by atoms with E-state index in [2.05, 4.69) is 25.6 Å². The molecule has 0 radical (unpaired) electrons. The molecule has 2 rings (SSSR count). The summed E-state index contributed by atoms with van der Waals surface area (Å²) in [6.07, 6.45) is 3.01. The minimum absolute atomic E-state index is 0.0429. The second-order valence-corrected chi connectivity index (χ2v) is 7.92. The average Bonchev–Trinajstić information content (AvgIpc) is 2.68. The van der Waals surface area contributed by atoms with Gasteiger partial charge in [0.25, 0.3) is 5.56 Å². The standard InChI is InChI=1S/C20H23N5O7/c1-20(2,3)18(32)25-19-23-15-11(16(29)24-19)8-10(9-21-15)4-6-13(26)22-12(17(30)31)5-7-14(27)28/h4,6,8-9,12H,5,7H2,1-3H3,(H,22,26)(H,27,28)(H,30,31)(H2,21,23,24,25,29,32)/b6-4+/t12-/m0/s1. The van der Waals surface area contributed by atoms with Crippen molar-refractivity contribution >= 4 is 46.8 Å². The number of carbonyl (C=O) groups excluding carboxylic acids is 2. The molecule has 0 aliphatic heterocycles.